The maximum Gasteiger partial charge on any atom is 0.110 e. The average Bonchev–Trinajstić information content (AvgIpc) is 2.88. The van der Waals surface area contributed by atoms with Crippen molar-refractivity contribution in [2.75, 3.05) is 0 Å². The van der Waals surface area contributed by atoms with Crippen LogP contribution in [0.5, 0.6) is 0 Å². The molecule has 21 heavy (non-hydrogen) atoms. The minimum atomic E-state index is 0.290. The summed E-state index contributed by atoms with van der Waals surface area (Å²) in [4.78, 5) is 4.50. The molecular weight excluding hydrogens is 258 g/mol. The van der Waals surface area contributed by atoms with Gasteiger partial charge in [0.25, 0.3) is 0 Å². The quantitative estimate of drug-likeness (QED) is 0.919. The Morgan fingerprint density at radius 3 is 2.57 bits per heavy atom. The Labute approximate surface area is 127 Å². The van der Waals surface area contributed by atoms with Gasteiger partial charge in [0.1, 0.15) is 5.82 Å². The van der Waals surface area contributed by atoms with Gasteiger partial charge >= 0.3 is 0 Å². The van der Waals surface area contributed by atoms with Crippen molar-refractivity contribution in [1.82, 2.24) is 14.9 Å². The van der Waals surface area contributed by atoms with Crippen LogP contribution in [0.25, 0.3) is 5.69 Å². The van der Waals surface area contributed by atoms with Crippen LogP contribution in [0.15, 0.2) is 36.5 Å². The smallest absolute Gasteiger partial charge is 0.110 e. The van der Waals surface area contributed by atoms with Crippen molar-refractivity contribution in [3.05, 3.63) is 48.0 Å². The summed E-state index contributed by atoms with van der Waals surface area (Å²) in [7, 11) is 0. The van der Waals surface area contributed by atoms with E-state index in [1.807, 2.05) is 6.20 Å². The summed E-state index contributed by atoms with van der Waals surface area (Å²) < 4.78 is 2.25. The van der Waals surface area contributed by atoms with Gasteiger partial charge in [-0.25, -0.2) is 4.98 Å². The lowest BCUT2D eigenvalue weighted by molar-refractivity contribution is 0.251. The summed E-state index contributed by atoms with van der Waals surface area (Å²) in [6, 6.07) is 10.5. The number of hydrogen-bond donors (Lipinski definition) is 1. The van der Waals surface area contributed by atoms with Crippen LogP contribution >= 0.6 is 0 Å². The molecule has 3 nitrogen and oxygen atoms in total. The minimum absolute atomic E-state index is 0.290. The molecule has 0 amide bonds. The standard InChI is InChI=1S/C18H25N3/c1-15-19-13-17(21(15)16-9-5-3-6-10-16)14-20-18(2)11-7-4-8-12-18/h3,5-6,9-10,13,20H,4,7-8,11-12,14H2,1-2H3. The Kier molecular flexibility index (Phi) is 4.11. The number of nitrogens with zero attached hydrogens (tertiary/aromatic N) is 2. The van der Waals surface area contributed by atoms with Gasteiger partial charge in [0.05, 0.1) is 11.9 Å². The van der Waals surface area contributed by atoms with E-state index in [1.165, 1.54) is 43.5 Å². The largest absolute Gasteiger partial charge is 0.306 e. The molecule has 2 aromatic rings. The maximum atomic E-state index is 4.50. The highest BCUT2D eigenvalue weighted by Crippen LogP contribution is 2.28. The lowest BCUT2D eigenvalue weighted by Gasteiger charge is -2.34. The average molecular weight is 283 g/mol. The van der Waals surface area contributed by atoms with Crippen molar-refractivity contribution in [2.24, 2.45) is 0 Å². The first kappa shape index (κ1) is 14.3. The Morgan fingerprint density at radius 1 is 1.14 bits per heavy atom. The fourth-order valence-corrected chi connectivity index (χ4v) is 3.36. The van der Waals surface area contributed by atoms with Gasteiger partial charge in [0.2, 0.25) is 0 Å². The summed E-state index contributed by atoms with van der Waals surface area (Å²) in [5, 5.41) is 3.78. The van der Waals surface area contributed by atoms with Gasteiger partial charge < -0.3 is 5.32 Å². The maximum absolute atomic E-state index is 4.50. The highest BCUT2D eigenvalue weighted by atomic mass is 15.1. The third-order valence-corrected chi connectivity index (χ3v) is 4.68. The van der Waals surface area contributed by atoms with E-state index in [1.54, 1.807) is 0 Å². The van der Waals surface area contributed by atoms with Crippen molar-refractivity contribution < 1.29 is 0 Å². The summed E-state index contributed by atoms with van der Waals surface area (Å²) in [5.74, 6) is 1.05. The van der Waals surface area contributed by atoms with Crippen LogP contribution in [0.1, 0.15) is 50.5 Å². The monoisotopic (exact) mass is 283 g/mol. The van der Waals surface area contributed by atoms with Crippen LogP contribution in [-0.4, -0.2) is 15.1 Å². The van der Waals surface area contributed by atoms with E-state index in [9.17, 15) is 0 Å². The van der Waals surface area contributed by atoms with Crippen LogP contribution in [0.4, 0.5) is 0 Å². The number of benzene rings is 1. The molecule has 0 saturated heterocycles. The summed E-state index contributed by atoms with van der Waals surface area (Å²) in [6.07, 6.45) is 8.65. The lowest BCUT2D eigenvalue weighted by atomic mass is 9.83. The van der Waals surface area contributed by atoms with Crippen LogP contribution in [0.2, 0.25) is 0 Å². The fourth-order valence-electron chi connectivity index (χ4n) is 3.36. The third kappa shape index (κ3) is 3.18. The van der Waals surface area contributed by atoms with E-state index in [2.05, 4.69) is 59.0 Å². The van der Waals surface area contributed by atoms with Gasteiger partial charge in [-0.05, 0) is 38.8 Å². The first-order valence-corrected chi connectivity index (χ1v) is 8.02. The molecule has 3 heteroatoms. The van der Waals surface area contributed by atoms with Crippen LogP contribution in [-0.2, 0) is 6.54 Å². The highest BCUT2D eigenvalue weighted by molar-refractivity contribution is 5.35. The van der Waals surface area contributed by atoms with Gasteiger partial charge in [0.15, 0.2) is 0 Å². The zero-order chi connectivity index (χ0) is 14.7. The highest BCUT2D eigenvalue weighted by Gasteiger charge is 2.26. The Hall–Kier alpha value is -1.61. The molecule has 1 aliphatic rings. The second-order valence-electron chi connectivity index (χ2n) is 6.44. The molecule has 1 saturated carbocycles. The molecule has 1 aliphatic carbocycles. The first-order chi connectivity index (χ1) is 10.2. The van der Waals surface area contributed by atoms with E-state index in [0.717, 1.165) is 12.4 Å². The number of aryl methyl sites for hydroxylation is 1. The van der Waals surface area contributed by atoms with Crippen molar-refractivity contribution in [3.63, 3.8) is 0 Å². The molecule has 0 aliphatic heterocycles. The molecule has 1 aromatic carbocycles. The summed E-state index contributed by atoms with van der Waals surface area (Å²) in [5.41, 5.74) is 2.72. The van der Waals surface area contributed by atoms with Crippen LogP contribution in [0, 0.1) is 6.92 Å². The topological polar surface area (TPSA) is 29.9 Å². The molecule has 112 valence electrons. The molecule has 1 fully saturated rings. The first-order valence-electron chi connectivity index (χ1n) is 8.02. The molecule has 0 unspecified atom stereocenters. The number of nitrogens with one attached hydrogen (secondary N) is 1. The Balaban J connectivity index is 1.77. The molecule has 3 rings (SSSR count). The molecule has 1 heterocycles. The minimum Gasteiger partial charge on any atom is -0.306 e. The SMILES string of the molecule is Cc1ncc(CNC2(C)CCCCC2)n1-c1ccccc1. The second-order valence-corrected chi connectivity index (χ2v) is 6.44. The Morgan fingerprint density at radius 2 is 1.86 bits per heavy atom. The predicted octanol–water partition coefficient (Wildman–Crippen LogP) is 3.99. The normalized spacial score (nSPS) is 17.8. The van der Waals surface area contributed by atoms with Gasteiger partial charge in [-0.1, -0.05) is 37.5 Å². The van der Waals surface area contributed by atoms with E-state index < -0.39 is 0 Å². The van der Waals surface area contributed by atoms with Crippen molar-refractivity contribution >= 4 is 0 Å². The number of rotatable bonds is 4. The van der Waals surface area contributed by atoms with Crippen molar-refractivity contribution in [2.45, 2.75) is 58.0 Å². The predicted molar refractivity (Wildman–Crippen MR) is 86.6 cm³/mol. The fraction of sp³-hybridized carbons (Fsp3) is 0.500. The molecule has 0 atom stereocenters. The van der Waals surface area contributed by atoms with E-state index in [0.29, 0.717) is 0 Å². The molecule has 0 spiro atoms. The zero-order valence-electron chi connectivity index (χ0n) is 13.1. The van der Waals surface area contributed by atoms with Crippen LogP contribution in [0.3, 0.4) is 0 Å². The Bertz CT molecular complexity index is 580. The number of aromatic nitrogens is 2. The lowest BCUT2D eigenvalue weighted by Crippen LogP contribution is -2.43. The third-order valence-electron chi connectivity index (χ3n) is 4.68. The molecule has 1 aromatic heterocycles. The number of hydrogen-bond acceptors (Lipinski definition) is 2. The van der Waals surface area contributed by atoms with E-state index in [-0.39, 0.29) is 5.54 Å². The van der Waals surface area contributed by atoms with Gasteiger partial charge in [-0.2, -0.15) is 0 Å². The zero-order valence-corrected chi connectivity index (χ0v) is 13.1. The van der Waals surface area contributed by atoms with Crippen molar-refractivity contribution in [1.29, 1.82) is 0 Å². The van der Waals surface area contributed by atoms with Gasteiger partial charge in [-0.3, -0.25) is 4.57 Å². The number of imidazole rings is 1. The van der Waals surface area contributed by atoms with Crippen LogP contribution < -0.4 is 5.32 Å². The van der Waals surface area contributed by atoms with E-state index >= 15 is 0 Å². The molecule has 0 bridgehead atoms. The van der Waals surface area contributed by atoms with Crippen molar-refractivity contribution in [3.8, 4) is 5.69 Å². The summed E-state index contributed by atoms with van der Waals surface area (Å²) in [6.45, 7) is 5.31. The molecule has 0 radical (unpaired) electrons. The summed E-state index contributed by atoms with van der Waals surface area (Å²) >= 11 is 0. The number of para-hydroxylation sites is 1. The van der Waals surface area contributed by atoms with Gasteiger partial charge in [0, 0.05) is 17.8 Å². The molecule has 1 N–H and O–H groups in total. The van der Waals surface area contributed by atoms with Gasteiger partial charge in [-0.15, -0.1) is 0 Å². The molecular formula is C18H25N3. The second kappa shape index (κ2) is 6.02. The van der Waals surface area contributed by atoms with E-state index in [4.69, 9.17) is 0 Å².